The van der Waals surface area contributed by atoms with Crippen molar-refractivity contribution in [3.05, 3.63) is 0 Å². The summed E-state index contributed by atoms with van der Waals surface area (Å²) < 4.78 is 26.2. The third-order valence-corrected chi connectivity index (χ3v) is 6.20. The molecule has 0 spiro atoms. The second kappa shape index (κ2) is 9.87. The normalized spacial score (nSPS) is 24.8. The van der Waals surface area contributed by atoms with Crippen LogP contribution < -0.4 is 15.4 Å². The number of piperidine rings is 1. The van der Waals surface area contributed by atoms with Gasteiger partial charge in [0.1, 0.15) is 0 Å². The van der Waals surface area contributed by atoms with Gasteiger partial charge in [0, 0.05) is 37.6 Å². The van der Waals surface area contributed by atoms with Crippen LogP contribution in [-0.4, -0.2) is 68.6 Å². The molecule has 2 atom stereocenters. The van der Waals surface area contributed by atoms with Gasteiger partial charge in [0.25, 0.3) is 0 Å². The number of hydrogen-bond donors (Lipinski definition) is 3. The van der Waals surface area contributed by atoms with Crippen LogP contribution in [0.4, 0.5) is 0 Å². The van der Waals surface area contributed by atoms with Gasteiger partial charge < -0.3 is 15.5 Å². The van der Waals surface area contributed by atoms with E-state index in [1.807, 2.05) is 0 Å². The summed E-state index contributed by atoms with van der Waals surface area (Å²) in [6.07, 6.45) is 4.09. The molecule has 0 radical (unpaired) electrons. The maximum Gasteiger partial charge on any atom is 0.235 e. The van der Waals surface area contributed by atoms with E-state index in [0.29, 0.717) is 12.1 Å². The summed E-state index contributed by atoms with van der Waals surface area (Å²) >= 11 is 0. The van der Waals surface area contributed by atoms with Crippen LogP contribution in [0, 0.1) is 0 Å². The molecule has 0 aromatic carbocycles. The predicted molar refractivity (Wildman–Crippen MR) is 103 cm³/mol. The summed E-state index contributed by atoms with van der Waals surface area (Å²) in [5.74, 6) is -0.848. The molecular formula is C16H31ClN4O4S. The van der Waals surface area contributed by atoms with E-state index >= 15 is 0 Å². The molecule has 0 saturated carbocycles. The zero-order valence-electron chi connectivity index (χ0n) is 15.7. The topological polar surface area (TPSA) is 108 Å². The minimum atomic E-state index is -3.65. The molecule has 2 saturated heterocycles. The van der Waals surface area contributed by atoms with Crippen molar-refractivity contribution in [1.82, 2.24) is 20.3 Å². The third-order valence-electron chi connectivity index (χ3n) is 4.88. The molecule has 10 heteroatoms. The van der Waals surface area contributed by atoms with Gasteiger partial charge in [-0.2, -0.15) is 0 Å². The van der Waals surface area contributed by atoms with Gasteiger partial charge in [0.15, 0.2) is 0 Å². The fourth-order valence-electron chi connectivity index (χ4n) is 3.57. The molecule has 2 unspecified atom stereocenters. The highest BCUT2D eigenvalue weighted by Gasteiger charge is 2.36. The lowest BCUT2D eigenvalue weighted by atomic mass is 9.98. The van der Waals surface area contributed by atoms with Gasteiger partial charge >= 0.3 is 0 Å². The van der Waals surface area contributed by atoms with Gasteiger partial charge in [-0.3, -0.25) is 9.59 Å². The van der Waals surface area contributed by atoms with Crippen LogP contribution in [0.3, 0.4) is 0 Å². The van der Waals surface area contributed by atoms with E-state index < -0.39 is 10.0 Å². The fourth-order valence-corrected chi connectivity index (χ4v) is 4.50. The molecule has 2 bridgehead atoms. The van der Waals surface area contributed by atoms with E-state index in [4.69, 9.17) is 0 Å². The molecule has 2 fully saturated rings. The van der Waals surface area contributed by atoms with E-state index in [1.54, 1.807) is 25.8 Å². The number of carbonyl (C=O) groups excluding carboxylic acids is 2. The monoisotopic (exact) mass is 410 g/mol. The van der Waals surface area contributed by atoms with Gasteiger partial charge in [-0.05, 0) is 39.5 Å². The number of fused-ring (bicyclic) bond motifs is 2. The Morgan fingerprint density at radius 2 is 1.77 bits per heavy atom. The molecule has 0 aliphatic carbocycles. The largest absolute Gasteiger partial charge is 0.353 e. The smallest absolute Gasteiger partial charge is 0.235 e. The molecule has 152 valence electrons. The van der Waals surface area contributed by atoms with Crippen LogP contribution in [0.25, 0.3) is 0 Å². The molecule has 26 heavy (non-hydrogen) atoms. The highest BCUT2D eigenvalue weighted by Crippen LogP contribution is 2.29. The second-order valence-electron chi connectivity index (χ2n) is 7.38. The number of rotatable bonds is 8. The maximum absolute atomic E-state index is 12.3. The Morgan fingerprint density at radius 3 is 2.31 bits per heavy atom. The van der Waals surface area contributed by atoms with Gasteiger partial charge in [0.2, 0.25) is 21.8 Å². The Kier molecular flexibility index (Phi) is 8.78. The average molecular weight is 411 g/mol. The van der Waals surface area contributed by atoms with Crippen LogP contribution >= 0.6 is 12.4 Å². The first-order valence-electron chi connectivity index (χ1n) is 8.94. The number of hydrogen-bond acceptors (Lipinski definition) is 5. The number of halogens is 1. The summed E-state index contributed by atoms with van der Waals surface area (Å²) in [5.41, 5.74) is 0. The minimum Gasteiger partial charge on any atom is -0.353 e. The van der Waals surface area contributed by atoms with Crippen molar-refractivity contribution < 1.29 is 18.0 Å². The number of sulfonamides is 1. The van der Waals surface area contributed by atoms with Gasteiger partial charge in [-0.15, -0.1) is 12.4 Å². The van der Waals surface area contributed by atoms with Crippen molar-refractivity contribution in [2.45, 2.75) is 70.1 Å². The number of nitrogens with zero attached hydrogens (tertiary/aromatic N) is 1. The second-order valence-corrected chi connectivity index (χ2v) is 9.31. The first kappa shape index (κ1) is 23.1. The van der Waals surface area contributed by atoms with E-state index in [0.717, 1.165) is 25.7 Å². The molecule has 0 aromatic heterocycles. The summed E-state index contributed by atoms with van der Waals surface area (Å²) in [7, 11) is -1.89. The fraction of sp³-hybridized carbons (Fsp3) is 0.875. The minimum absolute atomic E-state index is 0. The standard InChI is InChI=1S/C16H30N4O4S.ClH/c1-11(2)18-15(21)10-17-25(23,24)7-6-16(22)20(3)14-8-12-4-5-13(9-14)19-12;/h11-14,17,19H,4-10H2,1-3H3,(H,18,21);1H. The molecule has 2 aliphatic heterocycles. The Hall–Kier alpha value is -0.900. The summed E-state index contributed by atoms with van der Waals surface area (Å²) in [6, 6.07) is 1.08. The number of nitrogens with one attached hydrogen (secondary N) is 3. The lowest BCUT2D eigenvalue weighted by molar-refractivity contribution is -0.132. The summed E-state index contributed by atoms with van der Waals surface area (Å²) in [4.78, 5) is 25.5. The van der Waals surface area contributed by atoms with Crippen LogP contribution in [0.5, 0.6) is 0 Å². The first-order valence-corrected chi connectivity index (χ1v) is 10.6. The molecule has 0 aromatic rings. The SMILES string of the molecule is CC(C)NC(=O)CNS(=O)(=O)CCC(=O)N(C)C1CC2CCC(C1)N2.Cl. The highest BCUT2D eigenvalue weighted by atomic mass is 35.5. The molecule has 3 N–H and O–H groups in total. The van der Waals surface area contributed by atoms with Gasteiger partial charge in [-0.1, -0.05) is 0 Å². The van der Waals surface area contributed by atoms with Crippen molar-refractivity contribution in [2.24, 2.45) is 0 Å². The van der Waals surface area contributed by atoms with E-state index in [-0.39, 0.29) is 55.0 Å². The lowest BCUT2D eigenvalue weighted by Crippen LogP contribution is -2.49. The van der Waals surface area contributed by atoms with Crippen LogP contribution in [0.15, 0.2) is 0 Å². The average Bonchev–Trinajstić information content (AvgIpc) is 2.87. The molecular weight excluding hydrogens is 380 g/mol. The zero-order chi connectivity index (χ0) is 18.6. The predicted octanol–water partition coefficient (Wildman–Crippen LogP) is -0.0163. The molecule has 2 amide bonds. The third kappa shape index (κ3) is 7.02. The van der Waals surface area contributed by atoms with Crippen LogP contribution in [0.1, 0.15) is 46.0 Å². The van der Waals surface area contributed by atoms with E-state index in [1.165, 1.54) is 0 Å². The summed E-state index contributed by atoms with van der Waals surface area (Å²) in [6.45, 7) is 3.30. The summed E-state index contributed by atoms with van der Waals surface area (Å²) in [5, 5.41) is 6.14. The van der Waals surface area contributed by atoms with E-state index in [9.17, 15) is 18.0 Å². The van der Waals surface area contributed by atoms with Crippen molar-refractivity contribution in [3.63, 3.8) is 0 Å². The Labute approximate surface area is 162 Å². The van der Waals surface area contributed by atoms with Crippen molar-refractivity contribution >= 4 is 34.2 Å². The van der Waals surface area contributed by atoms with Gasteiger partial charge in [-0.25, -0.2) is 13.1 Å². The van der Waals surface area contributed by atoms with Crippen molar-refractivity contribution in [3.8, 4) is 0 Å². The Morgan fingerprint density at radius 1 is 1.19 bits per heavy atom. The van der Waals surface area contributed by atoms with Crippen LogP contribution in [0.2, 0.25) is 0 Å². The van der Waals surface area contributed by atoms with Gasteiger partial charge in [0.05, 0.1) is 12.3 Å². The quantitative estimate of drug-likeness (QED) is 0.521. The van der Waals surface area contributed by atoms with E-state index in [2.05, 4.69) is 15.4 Å². The Bertz CT molecular complexity index is 587. The highest BCUT2D eigenvalue weighted by molar-refractivity contribution is 7.89. The zero-order valence-corrected chi connectivity index (χ0v) is 17.3. The molecule has 8 nitrogen and oxygen atoms in total. The number of amides is 2. The number of carbonyl (C=O) groups is 2. The lowest BCUT2D eigenvalue weighted by Gasteiger charge is -2.35. The first-order chi connectivity index (χ1) is 11.7. The molecule has 2 rings (SSSR count). The Balaban J connectivity index is 0.00000338. The van der Waals surface area contributed by atoms with Crippen molar-refractivity contribution in [1.29, 1.82) is 0 Å². The molecule has 2 aliphatic rings. The molecule has 2 heterocycles. The van der Waals surface area contributed by atoms with Crippen LogP contribution in [-0.2, 0) is 19.6 Å². The maximum atomic E-state index is 12.3. The van der Waals surface area contributed by atoms with Crippen molar-refractivity contribution in [2.75, 3.05) is 19.3 Å².